The van der Waals surface area contributed by atoms with Gasteiger partial charge in [0.1, 0.15) is 0 Å². The van der Waals surface area contributed by atoms with E-state index in [9.17, 15) is 10.1 Å². The minimum atomic E-state index is -0.355. The zero-order valence-electron chi connectivity index (χ0n) is 10.1. The van der Waals surface area contributed by atoms with Gasteiger partial charge in [0.05, 0.1) is 4.92 Å². The van der Waals surface area contributed by atoms with Crippen LogP contribution in [0, 0.1) is 10.1 Å². The standard InChI is InChI=1S/C13H18N2O2/c1-11-3-2-9-14(11)10-8-12-4-6-13(7-5-12)15(16)17/h4-7,11H,2-3,8-10H2,1H3. The molecule has 1 atom stereocenters. The van der Waals surface area contributed by atoms with Crippen molar-refractivity contribution in [3.8, 4) is 0 Å². The van der Waals surface area contributed by atoms with Crippen molar-refractivity contribution < 1.29 is 4.92 Å². The van der Waals surface area contributed by atoms with Crippen LogP contribution in [0.4, 0.5) is 5.69 Å². The topological polar surface area (TPSA) is 46.4 Å². The molecule has 17 heavy (non-hydrogen) atoms. The number of nitrogens with zero attached hydrogens (tertiary/aromatic N) is 2. The summed E-state index contributed by atoms with van der Waals surface area (Å²) in [7, 11) is 0. The number of nitro groups is 1. The molecule has 1 heterocycles. The number of hydrogen-bond donors (Lipinski definition) is 0. The zero-order chi connectivity index (χ0) is 12.3. The summed E-state index contributed by atoms with van der Waals surface area (Å²) >= 11 is 0. The van der Waals surface area contributed by atoms with E-state index in [1.165, 1.54) is 24.9 Å². The van der Waals surface area contributed by atoms with E-state index in [-0.39, 0.29) is 10.6 Å². The molecule has 1 aromatic rings. The first kappa shape index (κ1) is 12.0. The molecule has 1 aromatic carbocycles. The van der Waals surface area contributed by atoms with Gasteiger partial charge in [-0.15, -0.1) is 0 Å². The van der Waals surface area contributed by atoms with Gasteiger partial charge in [-0.05, 0) is 38.3 Å². The molecule has 1 aliphatic rings. The number of rotatable bonds is 4. The summed E-state index contributed by atoms with van der Waals surface area (Å²) in [4.78, 5) is 12.7. The fraction of sp³-hybridized carbons (Fsp3) is 0.538. The molecule has 1 aliphatic heterocycles. The molecule has 0 N–H and O–H groups in total. The minimum Gasteiger partial charge on any atom is -0.300 e. The Balaban J connectivity index is 1.88. The maximum absolute atomic E-state index is 10.5. The van der Waals surface area contributed by atoms with Crippen molar-refractivity contribution in [2.75, 3.05) is 13.1 Å². The van der Waals surface area contributed by atoms with E-state index >= 15 is 0 Å². The third kappa shape index (κ3) is 3.03. The monoisotopic (exact) mass is 234 g/mol. The van der Waals surface area contributed by atoms with Gasteiger partial charge in [0.2, 0.25) is 0 Å². The van der Waals surface area contributed by atoms with Crippen LogP contribution in [0.1, 0.15) is 25.3 Å². The van der Waals surface area contributed by atoms with Crippen LogP contribution < -0.4 is 0 Å². The molecule has 0 bridgehead atoms. The van der Waals surface area contributed by atoms with Gasteiger partial charge in [0.15, 0.2) is 0 Å². The second-order valence-corrected chi connectivity index (χ2v) is 4.70. The van der Waals surface area contributed by atoms with Crippen molar-refractivity contribution in [2.45, 2.75) is 32.2 Å². The summed E-state index contributed by atoms with van der Waals surface area (Å²) in [6.45, 7) is 4.51. The fourth-order valence-corrected chi connectivity index (χ4v) is 2.38. The largest absolute Gasteiger partial charge is 0.300 e. The van der Waals surface area contributed by atoms with Crippen molar-refractivity contribution in [3.63, 3.8) is 0 Å². The maximum atomic E-state index is 10.5. The quantitative estimate of drug-likeness (QED) is 0.594. The average molecular weight is 234 g/mol. The lowest BCUT2D eigenvalue weighted by Gasteiger charge is -2.20. The van der Waals surface area contributed by atoms with Crippen LogP contribution in [0.15, 0.2) is 24.3 Å². The molecule has 0 spiro atoms. The van der Waals surface area contributed by atoms with Gasteiger partial charge in [0.25, 0.3) is 5.69 Å². The van der Waals surface area contributed by atoms with Crippen LogP contribution in [0.5, 0.6) is 0 Å². The molecule has 1 saturated heterocycles. The lowest BCUT2D eigenvalue weighted by molar-refractivity contribution is -0.384. The molecule has 4 heteroatoms. The smallest absolute Gasteiger partial charge is 0.269 e. The van der Waals surface area contributed by atoms with Crippen molar-refractivity contribution in [2.24, 2.45) is 0 Å². The Morgan fingerprint density at radius 3 is 2.65 bits per heavy atom. The van der Waals surface area contributed by atoms with Crippen LogP contribution >= 0.6 is 0 Å². The highest BCUT2D eigenvalue weighted by atomic mass is 16.6. The molecule has 0 amide bonds. The van der Waals surface area contributed by atoms with Crippen LogP contribution in [0.3, 0.4) is 0 Å². The van der Waals surface area contributed by atoms with Gasteiger partial charge in [-0.2, -0.15) is 0 Å². The summed E-state index contributed by atoms with van der Waals surface area (Å²) in [5, 5.41) is 10.5. The summed E-state index contributed by atoms with van der Waals surface area (Å²) in [6, 6.07) is 7.58. The van der Waals surface area contributed by atoms with Gasteiger partial charge in [0, 0.05) is 24.7 Å². The van der Waals surface area contributed by atoms with Crippen LogP contribution in [0.2, 0.25) is 0 Å². The number of benzene rings is 1. The van der Waals surface area contributed by atoms with Gasteiger partial charge in [-0.1, -0.05) is 12.1 Å². The summed E-state index contributed by atoms with van der Waals surface area (Å²) in [6.07, 6.45) is 3.56. The first-order valence-electron chi connectivity index (χ1n) is 6.14. The first-order chi connectivity index (χ1) is 8.16. The predicted octanol–water partition coefficient (Wildman–Crippen LogP) is 2.62. The molecule has 1 fully saturated rings. The van der Waals surface area contributed by atoms with Gasteiger partial charge >= 0.3 is 0 Å². The zero-order valence-corrected chi connectivity index (χ0v) is 10.1. The van der Waals surface area contributed by atoms with Gasteiger partial charge in [-0.25, -0.2) is 0 Å². The molecule has 0 saturated carbocycles. The van der Waals surface area contributed by atoms with Crippen molar-refractivity contribution >= 4 is 5.69 Å². The third-order valence-corrected chi connectivity index (χ3v) is 3.53. The van der Waals surface area contributed by atoms with E-state index in [0.29, 0.717) is 6.04 Å². The second-order valence-electron chi connectivity index (χ2n) is 4.70. The van der Waals surface area contributed by atoms with E-state index in [0.717, 1.165) is 13.0 Å². The van der Waals surface area contributed by atoms with Crippen LogP contribution in [0.25, 0.3) is 0 Å². The third-order valence-electron chi connectivity index (χ3n) is 3.53. The Bertz CT molecular complexity index is 389. The van der Waals surface area contributed by atoms with Crippen LogP contribution in [-0.4, -0.2) is 29.0 Å². The lowest BCUT2D eigenvalue weighted by atomic mass is 10.1. The average Bonchev–Trinajstić information content (AvgIpc) is 2.73. The van der Waals surface area contributed by atoms with Gasteiger partial charge in [-0.3, -0.25) is 10.1 Å². The second kappa shape index (κ2) is 5.27. The first-order valence-corrected chi connectivity index (χ1v) is 6.14. The predicted molar refractivity (Wildman–Crippen MR) is 67.1 cm³/mol. The number of hydrogen-bond acceptors (Lipinski definition) is 3. The highest BCUT2D eigenvalue weighted by molar-refractivity contribution is 5.32. The summed E-state index contributed by atoms with van der Waals surface area (Å²) in [5.74, 6) is 0. The normalized spacial score (nSPS) is 20.6. The highest BCUT2D eigenvalue weighted by Gasteiger charge is 2.19. The SMILES string of the molecule is CC1CCCN1CCc1ccc([N+](=O)[O-])cc1. The Morgan fingerprint density at radius 2 is 2.12 bits per heavy atom. The molecule has 92 valence electrons. The molecule has 0 radical (unpaired) electrons. The van der Waals surface area contributed by atoms with Crippen molar-refractivity contribution in [1.29, 1.82) is 0 Å². The maximum Gasteiger partial charge on any atom is 0.269 e. The van der Waals surface area contributed by atoms with Crippen molar-refractivity contribution in [1.82, 2.24) is 4.90 Å². The molecular formula is C13H18N2O2. The Morgan fingerprint density at radius 1 is 1.41 bits per heavy atom. The van der Waals surface area contributed by atoms with E-state index < -0.39 is 0 Å². The molecule has 0 aliphatic carbocycles. The lowest BCUT2D eigenvalue weighted by Crippen LogP contribution is -2.28. The van der Waals surface area contributed by atoms with E-state index in [1.54, 1.807) is 12.1 Å². The highest BCUT2D eigenvalue weighted by Crippen LogP contribution is 2.17. The Kier molecular flexibility index (Phi) is 3.74. The van der Waals surface area contributed by atoms with E-state index in [4.69, 9.17) is 0 Å². The molecular weight excluding hydrogens is 216 g/mol. The number of likely N-dealkylation sites (tertiary alicyclic amines) is 1. The van der Waals surface area contributed by atoms with E-state index in [2.05, 4.69) is 11.8 Å². The molecule has 1 unspecified atom stereocenters. The summed E-state index contributed by atoms with van der Waals surface area (Å²) < 4.78 is 0. The molecule has 0 aromatic heterocycles. The Labute approximate surface area is 101 Å². The number of nitro benzene ring substituents is 1. The molecule has 2 rings (SSSR count). The Hall–Kier alpha value is -1.42. The molecule has 4 nitrogen and oxygen atoms in total. The fourth-order valence-electron chi connectivity index (χ4n) is 2.38. The summed E-state index contributed by atoms with van der Waals surface area (Å²) in [5.41, 5.74) is 1.35. The number of non-ortho nitro benzene ring substituents is 1. The van der Waals surface area contributed by atoms with Crippen molar-refractivity contribution in [3.05, 3.63) is 39.9 Å². The van der Waals surface area contributed by atoms with Gasteiger partial charge < -0.3 is 4.90 Å². The van der Waals surface area contributed by atoms with E-state index in [1.807, 2.05) is 12.1 Å². The van der Waals surface area contributed by atoms with Crippen LogP contribution in [-0.2, 0) is 6.42 Å². The minimum absolute atomic E-state index is 0.170.